The highest BCUT2D eigenvalue weighted by molar-refractivity contribution is 5.97. The lowest BCUT2D eigenvalue weighted by atomic mass is 9.97. The first-order chi connectivity index (χ1) is 16.6. The molecule has 184 valence electrons. The first kappa shape index (κ1) is 24.5. The summed E-state index contributed by atoms with van der Waals surface area (Å²) >= 11 is 0. The van der Waals surface area contributed by atoms with Crippen LogP contribution in [-0.4, -0.2) is 47.7 Å². The van der Waals surface area contributed by atoms with E-state index in [1.54, 1.807) is 19.3 Å². The number of rotatable bonds is 7. The number of ether oxygens (including phenoxy) is 2. The van der Waals surface area contributed by atoms with Crippen molar-refractivity contribution in [3.63, 3.8) is 0 Å². The number of fused-ring (bicyclic) bond motifs is 1. The Labute approximate surface area is 206 Å². The van der Waals surface area contributed by atoms with Crippen molar-refractivity contribution in [2.45, 2.75) is 51.7 Å². The monoisotopic (exact) mass is 475 g/mol. The Balaban J connectivity index is 1.42. The minimum absolute atomic E-state index is 0.123. The van der Waals surface area contributed by atoms with Crippen molar-refractivity contribution in [1.29, 1.82) is 0 Å². The Morgan fingerprint density at radius 2 is 1.91 bits per heavy atom. The van der Waals surface area contributed by atoms with Gasteiger partial charge in [0.05, 0.1) is 12.1 Å². The third kappa shape index (κ3) is 5.73. The number of carbonyl (C=O) groups excluding carboxylic acids is 2. The zero-order valence-corrected chi connectivity index (χ0v) is 21.1. The van der Waals surface area contributed by atoms with Crippen LogP contribution in [0.3, 0.4) is 0 Å². The summed E-state index contributed by atoms with van der Waals surface area (Å²) in [6.45, 7) is 8.06. The molecular formula is C28H33N3O4. The van der Waals surface area contributed by atoms with Crippen LogP contribution < -0.4 is 10.1 Å². The fourth-order valence-corrected chi connectivity index (χ4v) is 4.08. The van der Waals surface area contributed by atoms with Gasteiger partial charge in [0.2, 0.25) is 0 Å². The van der Waals surface area contributed by atoms with Gasteiger partial charge in [0, 0.05) is 30.4 Å². The highest BCUT2D eigenvalue weighted by atomic mass is 16.6. The number of aryl methyl sites for hydroxylation is 1. The van der Waals surface area contributed by atoms with Crippen molar-refractivity contribution in [2.75, 3.05) is 20.2 Å². The quantitative estimate of drug-likeness (QED) is 0.508. The van der Waals surface area contributed by atoms with Crippen molar-refractivity contribution >= 4 is 22.8 Å². The number of pyridine rings is 1. The van der Waals surface area contributed by atoms with Crippen molar-refractivity contribution in [1.82, 2.24) is 15.2 Å². The average Bonchev–Trinajstić information content (AvgIpc) is 3.58. The Morgan fingerprint density at radius 1 is 1.14 bits per heavy atom. The molecular weight excluding hydrogens is 442 g/mol. The molecule has 35 heavy (non-hydrogen) atoms. The van der Waals surface area contributed by atoms with Crippen molar-refractivity contribution in [3.05, 3.63) is 71.5 Å². The standard InChI is InChI=1S/C28H33N3O4/c1-19-9-10-21(34-16-15-31(5)26(33)35-27(2,3)4)17-23(19)25(32)30-28(12-13-28)24-8-6-7-20-18-29-14-11-22(20)24/h6-11,14,17-18H,12-13,15-16H2,1-5H3,(H,30,32). The predicted octanol–water partition coefficient (Wildman–Crippen LogP) is 5.21. The van der Waals surface area contributed by atoms with E-state index < -0.39 is 11.7 Å². The zero-order chi connectivity index (χ0) is 25.2. The molecule has 1 fully saturated rings. The number of carbonyl (C=O) groups is 2. The van der Waals surface area contributed by atoms with Gasteiger partial charge in [-0.25, -0.2) is 4.79 Å². The van der Waals surface area contributed by atoms with Crippen molar-refractivity contribution in [3.8, 4) is 5.75 Å². The van der Waals surface area contributed by atoms with E-state index in [0.717, 1.165) is 34.7 Å². The number of benzene rings is 2. The van der Waals surface area contributed by atoms with Crippen LogP contribution >= 0.6 is 0 Å². The first-order valence-electron chi connectivity index (χ1n) is 11.9. The van der Waals surface area contributed by atoms with E-state index in [-0.39, 0.29) is 18.1 Å². The molecule has 0 spiro atoms. The number of hydrogen-bond donors (Lipinski definition) is 1. The zero-order valence-electron chi connectivity index (χ0n) is 21.1. The fourth-order valence-electron chi connectivity index (χ4n) is 4.08. The lowest BCUT2D eigenvalue weighted by Crippen LogP contribution is -2.36. The molecule has 2 amide bonds. The number of hydrogen-bond acceptors (Lipinski definition) is 5. The second kappa shape index (κ2) is 9.56. The molecule has 0 saturated heterocycles. The van der Waals surface area contributed by atoms with E-state index in [4.69, 9.17) is 9.47 Å². The normalized spacial score (nSPS) is 14.3. The Morgan fingerprint density at radius 3 is 2.63 bits per heavy atom. The van der Waals surface area contributed by atoms with Gasteiger partial charge >= 0.3 is 6.09 Å². The fraction of sp³-hybridized carbons (Fsp3) is 0.393. The summed E-state index contributed by atoms with van der Waals surface area (Å²) in [4.78, 5) is 31.1. The van der Waals surface area contributed by atoms with Crippen LogP contribution in [0.25, 0.3) is 10.8 Å². The highest BCUT2D eigenvalue weighted by Crippen LogP contribution is 2.48. The molecule has 1 aliphatic carbocycles. The van der Waals surface area contributed by atoms with E-state index in [0.29, 0.717) is 17.9 Å². The molecule has 0 aliphatic heterocycles. The van der Waals surface area contributed by atoms with Gasteiger partial charge in [0.15, 0.2) is 0 Å². The predicted molar refractivity (Wildman–Crippen MR) is 136 cm³/mol. The molecule has 0 bridgehead atoms. The minimum Gasteiger partial charge on any atom is -0.492 e. The maximum absolute atomic E-state index is 13.3. The molecule has 7 heteroatoms. The second-order valence-electron chi connectivity index (χ2n) is 10.2. The maximum atomic E-state index is 13.3. The molecule has 1 aromatic heterocycles. The largest absolute Gasteiger partial charge is 0.492 e. The second-order valence-corrected chi connectivity index (χ2v) is 10.2. The Bertz CT molecular complexity index is 1240. The molecule has 4 rings (SSSR count). The number of likely N-dealkylation sites (N-methyl/N-ethyl adjacent to an activating group) is 1. The average molecular weight is 476 g/mol. The smallest absolute Gasteiger partial charge is 0.410 e. The summed E-state index contributed by atoms with van der Waals surface area (Å²) < 4.78 is 11.2. The van der Waals surface area contributed by atoms with Crippen molar-refractivity contribution < 1.29 is 19.1 Å². The molecule has 0 atom stereocenters. The van der Waals surface area contributed by atoms with Gasteiger partial charge in [0.25, 0.3) is 5.91 Å². The lowest BCUT2D eigenvalue weighted by Gasteiger charge is -2.24. The number of nitrogens with zero attached hydrogens (tertiary/aromatic N) is 2. The Hall–Kier alpha value is -3.61. The number of aromatic nitrogens is 1. The van der Waals surface area contributed by atoms with Gasteiger partial charge in [-0.2, -0.15) is 0 Å². The molecule has 2 aromatic carbocycles. The van der Waals surface area contributed by atoms with Gasteiger partial charge in [-0.15, -0.1) is 0 Å². The summed E-state index contributed by atoms with van der Waals surface area (Å²) in [7, 11) is 1.67. The molecule has 1 heterocycles. The number of amides is 2. The summed E-state index contributed by atoms with van der Waals surface area (Å²) in [5.74, 6) is 0.460. The summed E-state index contributed by atoms with van der Waals surface area (Å²) in [6.07, 6.45) is 5.03. The molecule has 1 saturated carbocycles. The third-order valence-electron chi connectivity index (χ3n) is 6.15. The van der Waals surface area contributed by atoms with Crippen LogP contribution in [0.5, 0.6) is 5.75 Å². The molecule has 1 aliphatic rings. The van der Waals surface area contributed by atoms with Crippen molar-refractivity contribution in [2.24, 2.45) is 0 Å². The SMILES string of the molecule is Cc1ccc(OCCN(C)C(=O)OC(C)(C)C)cc1C(=O)NC1(c2cccc3cnccc23)CC1. The van der Waals surface area contributed by atoms with Gasteiger partial charge in [-0.3, -0.25) is 9.78 Å². The molecule has 0 radical (unpaired) electrons. The van der Waals surface area contributed by atoms with Crippen LogP contribution in [0.2, 0.25) is 0 Å². The van der Waals surface area contributed by atoms with Crippen LogP contribution in [0.15, 0.2) is 54.9 Å². The highest BCUT2D eigenvalue weighted by Gasteiger charge is 2.46. The van der Waals surface area contributed by atoms with Gasteiger partial charge in [-0.1, -0.05) is 24.3 Å². The molecule has 7 nitrogen and oxygen atoms in total. The van der Waals surface area contributed by atoms with Crippen LogP contribution in [0.4, 0.5) is 4.79 Å². The molecule has 3 aromatic rings. The molecule has 1 N–H and O–H groups in total. The van der Waals surface area contributed by atoms with Crippen LogP contribution in [0, 0.1) is 6.92 Å². The molecule has 0 unspecified atom stereocenters. The number of nitrogens with one attached hydrogen (secondary N) is 1. The lowest BCUT2D eigenvalue weighted by molar-refractivity contribution is 0.0278. The van der Waals surface area contributed by atoms with Gasteiger partial charge in [0.1, 0.15) is 18.0 Å². The topological polar surface area (TPSA) is 80.8 Å². The Kier molecular flexibility index (Phi) is 6.70. The van der Waals surface area contributed by atoms with E-state index >= 15 is 0 Å². The minimum atomic E-state index is -0.548. The van der Waals surface area contributed by atoms with Gasteiger partial charge in [-0.05, 0) is 75.2 Å². The van der Waals surface area contributed by atoms with Gasteiger partial charge < -0.3 is 19.7 Å². The summed E-state index contributed by atoms with van der Waals surface area (Å²) in [5, 5.41) is 5.46. The third-order valence-corrected chi connectivity index (χ3v) is 6.15. The van der Waals surface area contributed by atoms with Crippen LogP contribution in [0.1, 0.15) is 55.1 Å². The summed E-state index contributed by atoms with van der Waals surface area (Å²) in [5.41, 5.74) is 1.67. The van der Waals surface area contributed by atoms with Crippen LogP contribution in [-0.2, 0) is 10.3 Å². The summed E-state index contributed by atoms with van der Waals surface area (Å²) in [6, 6.07) is 13.6. The van der Waals surface area contributed by atoms with E-state index in [1.165, 1.54) is 4.90 Å². The van der Waals surface area contributed by atoms with E-state index in [2.05, 4.69) is 16.4 Å². The maximum Gasteiger partial charge on any atom is 0.410 e. The first-order valence-corrected chi connectivity index (χ1v) is 11.9. The van der Waals surface area contributed by atoms with E-state index in [9.17, 15) is 9.59 Å². The van der Waals surface area contributed by atoms with E-state index in [1.807, 2.05) is 64.2 Å².